The van der Waals surface area contributed by atoms with Gasteiger partial charge < -0.3 is 5.32 Å². The number of hydrogen-bond acceptors (Lipinski definition) is 4. The number of anilines is 2. The van der Waals surface area contributed by atoms with Crippen molar-refractivity contribution >= 4 is 21.5 Å². The van der Waals surface area contributed by atoms with Crippen molar-refractivity contribution in [1.29, 1.82) is 0 Å². The van der Waals surface area contributed by atoms with E-state index in [1.807, 2.05) is 26.8 Å². The van der Waals surface area contributed by atoms with E-state index in [1.165, 1.54) is 6.20 Å². The Balaban J connectivity index is 2.17. The summed E-state index contributed by atoms with van der Waals surface area (Å²) >= 11 is 0. The van der Waals surface area contributed by atoms with Crippen LogP contribution in [0.5, 0.6) is 0 Å². The molecule has 0 aliphatic heterocycles. The number of hydrogen-bond donors (Lipinski definition) is 2. The minimum Gasteiger partial charge on any atom is -0.368 e. The number of sulfonamides is 1. The van der Waals surface area contributed by atoms with E-state index < -0.39 is 10.0 Å². The molecule has 21 heavy (non-hydrogen) atoms. The van der Waals surface area contributed by atoms with E-state index in [-0.39, 0.29) is 10.9 Å². The van der Waals surface area contributed by atoms with Crippen molar-refractivity contribution in [2.24, 2.45) is 0 Å². The molecule has 0 aliphatic carbocycles. The van der Waals surface area contributed by atoms with Crippen LogP contribution in [0.25, 0.3) is 0 Å². The maximum atomic E-state index is 12.3. The molecule has 0 bridgehead atoms. The first kappa shape index (κ1) is 15.3. The molecule has 0 spiro atoms. The number of benzene rings is 1. The van der Waals surface area contributed by atoms with Crippen molar-refractivity contribution in [3.8, 4) is 0 Å². The Morgan fingerprint density at radius 3 is 2.48 bits per heavy atom. The van der Waals surface area contributed by atoms with Gasteiger partial charge in [-0.15, -0.1) is 0 Å². The highest BCUT2D eigenvalue weighted by molar-refractivity contribution is 7.92. The SMILES string of the molecule is Cc1cccc(S(=O)(=O)Nc2ccc(NC(C)C)nc2)c1. The molecule has 0 radical (unpaired) electrons. The highest BCUT2D eigenvalue weighted by atomic mass is 32.2. The van der Waals surface area contributed by atoms with Gasteiger partial charge >= 0.3 is 0 Å². The quantitative estimate of drug-likeness (QED) is 0.891. The van der Waals surface area contributed by atoms with Crippen LogP contribution in [0.4, 0.5) is 11.5 Å². The first-order valence-corrected chi connectivity index (χ1v) is 8.17. The van der Waals surface area contributed by atoms with Crippen molar-refractivity contribution in [2.45, 2.75) is 31.7 Å². The third-order valence-electron chi connectivity index (χ3n) is 2.75. The molecule has 1 heterocycles. The van der Waals surface area contributed by atoms with Crippen LogP contribution in [0.15, 0.2) is 47.5 Å². The highest BCUT2D eigenvalue weighted by Crippen LogP contribution is 2.17. The zero-order valence-corrected chi connectivity index (χ0v) is 13.1. The van der Waals surface area contributed by atoms with Crippen molar-refractivity contribution < 1.29 is 8.42 Å². The predicted octanol–water partition coefficient (Wildman–Crippen LogP) is 3.01. The number of aromatic nitrogens is 1. The Morgan fingerprint density at radius 1 is 1.14 bits per heavy atom. The normalized spacial score (nSPS) is 11.4. The maximum Gasteiger partial charge on any atom is 0.261 e. The summed E-state index contributed by atoms with van der Waals surface area (Å²) in [5.41, 5.74) is 1.33. The van der Waals surface area contributed by atoms with Crippen LogP contribution in [0.2, 0.25) is 0 Å². The summed E-state index contributed by atoms with van der Waals surface area (Å²) in [6, 6.07) is 10.5. The Hall–Kier alpha value is -2.08. The molecule has 0 saturated heterocycles. The van der Waals surface area contributed by atoms with Crippen LogP contribution in [-0.2, 0) is 10.0 Å². The third kappa shape index (κ3) is 4.19. The Morgan fingerprint density at radius 2 is 1.90 bits per heavy atom. The zero-order chi connectivity index (χ0) is 15.5. The van der Waals surface area contributed by atoms with Gasteiger partial charge in [-0.2, -0.15) is 0 Å². The monoisotopic (exact) mass is 305 g/mol. The molecule has 1 aromatic heterocycles. The van der Waals surface area contributed by atoms with E-state index in [9.17, 15) is 8.42 Å². The number of aryl methyl sites for hydroxylation is 1. The highest BCUT2D eigenvalue weighted by Gasteiger charge is 2.14. The minimum absolute atomic E-state index is 0.242. The third-order valence-corrected chi connectivity index (χ3v) is 4.13. The van der Waals surface area contributed by atoms with Gasteiger partial charge in [-0.3, -0.25) is 4.72 Å². The Bertz CT molecular complexity index is 710. The summed E-state index contributed by atoms with van der Waals surface area (Å²) in [5, 5.41) is 3.15. The molecular weight excluding hydrogens is 286 g/mol. The molecule has 2 rings (SSSR count). The van der Waals surface area contributed by atoms with E-state index >= 15 is 0 Å². The van der Waals surface area contributed by atoms with Crippen LogP contribution < -0.4 is 10.0 Å². The standard InChI is InChI=1S/C15H19N3O2S/c1-11(2)17-15-8-7-13(10-16-15)18-21(19,20)14-6-4-5-12(3)9-14/h4-11,18H,1-3H3,(H,16,17). The Labute approximate surface area is 125 Å². The molecule has 5 nitrogen and oxygen atoms in total. The lowest BCUT2D eigenvalue weighted by Gasteiger charge is -2.11. The summed E-state index contributed by atoms with van der Waals surface area (Å²) < 4.78 is 27.0. The molecule has 0 fully saturated rings. The minimum atomic E-state index is -3.58. The van der Waals surface area contributed by atoms with E-state index in [4.69, 9.17) is 0 Å². The fourth-order valence-electron chi connectivity index (χ4n) is 1.83. The Kier molecular flexibility index (Phi) is 4.47. The topological polar surface area (TPSA) is 71.1 Å². The fraction of sp³-hybridized carbons (Fsp3) is 0.267. The molecule has 0 unspecified atom stereocenters. The maximum absolute atomic E-state index is 12.3. The lowest BCUT2D eigenvalue weighted by Crippen LogP contribution is -2.14. The first-order valence-electron chi connectivity index (χ1n) is 6.69. The van der Waals surface area contributed by atoms with E-state index in [2.05, 4.69) is 15.0 Å². The summed E-state index contributed by atoms with van der Waals surface area (Å²) in [6.07, 6.45) is 1.50. The van der Waals surface area contributed by atoms with Gasteiger partial charge in [0, 0.05) is 6.04 Å². The van der Waals surface area contributed by atoms with Gasteiger partial charge in [0.1, 0.15) is 5.82 Å². The van der Waals surface area contributed by atoms with Crippen LogP contribution >= 0.6 is 0 Å². The average Bonchev–Trinajstić information content (AvgIpc) is 2.40. The van der Waals surface area contributed by atoms with E-state index in [1.54, 1.807) is 30.3 Å². The van der Waals surface area contributed by atoms with Gasteiger partial charge in [0.2, 0.25) is 0 Å². The van der Waals surface area contributed by atoms with Crippen LogP contribution in [0.1, 0.15) is 19.4 Å². The zero-order valence-electron chi connectivity index (χ0n) is 12.3. The van der Waals surface area contributed by atoms with Crippen molar-refractivity contribution in [3.05, 3.63) is 48.2 Å². The second kappa shape index (κ2) is 6.13. The molecule has 2 N–H and O–H groups in total. The molecule has 0 atom stereocenters. The summed E-state index contributed by atoms with van der Waals surface area (Å²) in [6.45, 7) is 5.87. The summed E-state index contributed by atoms with van der Waals surface area (Å²) in [4.78, 5) is 4.42. The van der Waals surface area contributed by atoms with Crippen molar-refractivity contribution in [2.75, 3.05) is 10.0 Å². The molecule has 112 valence electrons. The van der Waals surface area contributed by atoms with Gasteiger partial charge in [0.15, 0.2) is 0 Å². The van der Waals surface area contributed by atoms with Crippen LogP contribution in [0, 0.1) is 6.92 Å². The molecular formula is C15H19N3O2S. The lowest BCUT2D eigenvalue weighted by atomic mass is 10.2. The number of pyridine rings is 1. The van der Waals surface area contributed by atoms with Crippen molar-refractivity contribution in [3.63, 3.8) is 0 Å². The van der Waals surface area contributed by atoms with Gasteiger partial charge in [0.05, 0.1) is 16.8 Å². The number of nitrogens with zero attached hydrogens (tertiary/aromatic N) is 1. The van der Waals surface area contributed by atoms with Gasteiger partial charge in [-0.1, -0.05) is 12.1 Å². The molecule has 0 saturated carbocycles. The molecule has 0 aliphatic rings. The van der Waals surface area contributed by atoms with Crippen LogP contribution in [-0.4, -0.2) is 19.4 Å². The summed E-state index contributed by atoms with van der Waals surface area (Å²) in [5.74, 6) is 0.712. The average molecular weight is 305 g/mol. The molecule has 2 aromatic rings. The van der Waals surface area contributed by atoms with E-state index in [0.29, 0.717) is 11.5 Å². The molecule has 1 aromatic carbocycles. The molecule has 6 heteroatoms. The lowest BCUT2D eigenvalue weighted by molar-refractivity contribution is 0.601. The largest absolute Gasteiger partial charge is 0.368 e. The van der Waals surface area contributed by atoms with E-state index in [0.717, 1.165) is 5.56 Å². The van der Waals surface area contributed by atoms with Crippen LogP contribution in [0.3, 0.4) is 0 Å². The van der Waals surface area contributed by atoms with Gasteiger partial charge in [0.25, 0.3) is 10.0 Å². The predicted molar refractivity (Wildman–Crippen MR) is 85.0 cm³/mol. The number of nitrogens with one attached hydrogen (secondary N) is 2. The van der Waals surface area contributed by atoms with Gasteiger partial charge in [-0.25, -0.2) is 13.4 Å². The first-order chi connectivity index (χ1) is 9.87. The number of rotatable bonds is 5. The second-order valence-electron chi connectivity index (χ2n) is 5.15. The van der Waals surface area contributed by atoms with Crippen molar-refractivity contribution in [1.82, 2.24) is 4.98 Å². The smallest absolute Gasteiger partial charge is 0.261 e. The van der Waals surface area contributed by atoms with Gasteiger partial charge in [-0.05, 0) is 50.6 Å². The fourth-order valence-corrected chi connectivity index (χ4v) is 2.98. The summed E-state index contributed by atoms with van der Waals surface area (Å²) in [7, 11) is -3.58. The second-order valence-corrected chi connectivity index (χ2v) is 6.84. The molecule has 0 amide bonds.